The fraction of sp³-hybridized carbons (Fsp3) is 0.588. The van der Waals surface area contributed by atoms with Crippen molar-refractivity contribution in [1.29, 1.82) is 0 Å². The Morgan fingerprint density at radius 2 is 2.18 bits per heavy atom. The zero-order valence-electron chi connectivity index (χ0n) is 13.5. The van der Waals surface area contributed by atoms with Crippen molar-refractivity contribution >= 4 is 5.91 Å². The van der Waals surface area contributed by atoms with Gasteiger partial charge in [0.05, 0.1) is 13.2 Å². The van der Waals surface area contributed by atoms with Crippen LogP contribution in [0, 0.1) is 6.92 Å². The van der Waals surface area contributed by atoms with Crippen LogP contribution in [0.3, 0.4) is 0 Å². The summed E-state index contributed by atoms with van der Waals surface area (Å²) in [5.74, 6) is 0.701. The predicted octanol–water partition coefficient (Wildman–Crippen LogP) is 1.60. The Hall–Kier alpha value is -1.59. The molecule has 0 aromatic heterocycles. The Balaban J connectivity index is 1.76. The zero-order chi connectivity index (χ0) is 15.8. The van der Waals surface area contributed by atoms with Crippen LogP contribution in [0.4, 0.5) is 0 Å². The Kier molecular flexibility index (Phi) is 6.68. The second-order valence-electron chi connectivity index (χ2n) is 5.58. The van der Waals surface area contributed by atoms with Gasteiger partial charge in [0.25, 0.3) is 5.91 Å². The van der Waals surface area contributed by atoms with E-state index in [-0.39, 0.29) is 5.91 Å². The number of carbonyl (C=O) groups excluding carboxylic acids is 1. The molecular formula is C17H26N2O3. The lowest BCUT2D eigenvalue weighted by atomic mass is 10.2. The van der Waals surface area contributed by atoms with Gasteiger partial charge in [-0.1, -0.05) is 19.1 Å². The minimum Gasteiger partial charge on any atom is -0.481 e. The van der Waals surface area contributed by atoms with Crippen molar-refractivity contribution in [3.63, 3.8) is 0 Å². The highest BCUT2D eigenvalue weighted by atomic mass is 16.5. The molecule has 1 fully saturated rings. The van der Waals surface area contributed by atoms with E-state index in [2.05, 4.69) is 10.2 Å². The minimum absolute atomic E-state index is 0.0442. The number of aryl methyl sites for hydroxylation is 1. The van der Waals surface area contributed by atoms with Gasteiger partial charge in [0.1, 0.15) is 5.75 Å². The van der Waals surface area contributed by atoms with Crippen molar-refractivity contribution < 1.29 is 14.3 Å². The summed E-state index contributed by atoms with van der Waals surface area (Å²) in [4.78, 5) is 14.5. The maximum absolute atomic E-state index is 12.2. The summed E-state index contributed by atoms with van der Waals surface area (Å²) in [6.07, 6.45) is 0.212. The van der Waals surface area contributed by atoms with Crippen molar-refractivity contribution in [2.75, 3.05) is 39.4 Å². The number of carbonyl (C=O) groups is 1. The normalized spacial score (nSPS) is 17.0. The third-order valence-electron chi connectivity index (χ3n) is 3.76. The van der Waals surface area contributed by atoms with Crippen molar-refractivity contribution in [1.82, 2.24) is 10.2 Å². The number of hydrogen-bond acceptors (Lipinski definition) is 4. The van der Waals surface area contributed by atoms with Gasteiger partial charge in [-0.2, -0.15) is 0 Å². The summed E-state index contributed by atoms with van der Waals surface area (Å²) in [7, 11) is 0. The molecule has 1 aromatic rings. The van der Waals surface area contributed by atoms with Crippen LogP contribution in [0.1, 0.15) is 18.9 Å². The van der Waals surface area contributed by atoms with E-state index in [1.165, 1.54) is 0 Å². The molecule has 22 heavy (non-hydrogen) atoms. The second kappa shape index (κ2) is 8.76. The average molecular weight is 306 g/mol. The number of amides is 1. The summed E-state index contributed by atoms with van der Waals surface area (Å²) < 4.78 is 11.1. The fourth-order valence-corrected chi connectivity index (χ4v) is 2.45. The topological polar surface area (TPSA) is 50.8 Å². The molecule has 1 N–H and O–H groups in total. The van der Waals surface area contributed by atoms with Gasteiger partial charge in [0, 0.05) is 26.2 Å². The molecule has 1 aliphatic heterocycles. The maximum atomic E-state index is 12.2. The van der Waals surface area contributed by atoms with Gasteiger partial charge in [0.15, 0.2) is 6.10 Å². The van der Waals surface area contributed by atoms with Crippen LogP contribution in [0.2, 0.25) is 0 Å². The number of ether oxygens (including phenoxy) is 2. The zero-order valence-corrected chi connectivity index (χ0v) is 13.5. The van der Waals surface area contributed by atoms with E-state index >= 15 is 0 Å². The fourth-order valence-electron chi connectivity index (χ4n) is 2.45. The second-order valence-corrected chi connectivity index (χ2v) is 5.58. The van der Waals surface area contributed by atoms with Gasteiger partial charge < -0.3 is 14.8 Å². The largest absolute Gasteiger partial charge is 0.481 e. The third kappa shape index (κ3) is 5.31. The van der Waals surface area contributed by atoms with Crippen LogP contribution in [-0.2, 0) is 9.53 Å². The molecule has 1 aliphatic rings. The number of benzene rings is 1. The lowest BCUT2D eigenvalue weighted by Crippen LogP contribution is -2.44. The summed E-state index contributed by atoms with van der Waals surface area (Å²) >= 11 is 0. The van der Waals surface area contributed by atoms with Crippen molar-refractivity contribution in [3.8, 4) is 5.75 Å². The smallest absolute Gasteiger partial charge is 0.261 e. The maximum Gasteiger partial charge on any atom is 0.261 e. The number of nitrogens with zero attached hydrogens (tertiary/aromatic N) is 1. The van der Waals surface area contributed by atoms with Gasteiger partial charge in [0.2, 0.25) is 0 Å². The van der Waals surface area contributed by atoms with Crippen molar-refractivity contribution in [2.24, 2.45) is 0 Å². The first-order valence-corrected chi connectivity index (χ1v) is 8.00. The first-order valence-electron chi connectivity index (χ1n) is 8.00. The van der Waals surface area contributed by atoms with Crippen LogP contribution in [-0.4, -0.2) is 56.3 Å². The lowest BCUT2D eigenvalue weighted by Gasteiger charge is -2.26. The monoisotopic (exact) mass is 306 g/mol. The molecule has 1 aromatic carbocycles. The van der Waals surface area contributed by atoms with E-state index in [1.54, 1.807) is 0 Å². The average Bonchev–Trinajstić information content (AvgIpc) is 2.53. The van der Waals surface area contributed by atoms with Crippen LogP contribution < -0.4 is 10.1 Å². The Morgan fingerprint density at radius 1 is 1.41 bits per heavy atom. The van der Waals surface area contributed by atoms with E-state index in [1.807, 2.05) is 38.1 Å². The Labute approximate surface area is 132 Å². The van der Waals surface area contributed by atoms with Gasteiger partial charge in [-0.25, -0.2) is 0 Å². The molecule has 0 spiro atoms. The van der Waals surface area contributed by atoms with E-state index < -0.39 is 6.10 Å². The molecule has 0 saturated carbocycles. The summed E-state index contributed by atoms with van der Waals surface area (Å²) in [6, 6.07) is 7.78. The van der Waals surface area contributed by atoms with Crippen LogP contribution in [0.5, 0.6) is 5.75 Å². The van der Waals surface area contributed by atoms with E-state index in [0.29, 0.717) is 13.0 Å². The molecule has 0 radical (unpaired) electrons. The number of morpholine rings is 1. The summed E-state index contributed by atoms with van der Waals surface area (Å²) in [6.45, 7) is 8.91. The molecule has 122 valence electrons. The third-order valence-corrected chi connectivity index (χ3v) is 3.76. The Bertz CT molecular complexity index is 473. The van der Waals surface area contributed by atoms with Crippen LogP contribution in [0.15, 0.2) is 24.3 Å². The van der Waals surface area contributed by atoms with Crippen molar-refractivity contribution in [3.05, 3.63) is 29.8 Å². The molecular weight excluding hydrogens is 280 g/mol. The molecule has 0 bridgehead atoms. The Morgan fingerprint density at radius 3 is 2.86 bits per heavy atom. The van der Waals surface area contributed by atoms with Crippen LogP contribution >= 0.6 is 0 Å². The molecule has 1 saturated heterocycles. The molecule has 1 amide bonds. The van der Waals surface area contributed by atoms with E-state index in [0.717, 1.165) is 44.2 Å². The minimum atomic E-state index is -0.438. The van der Waals surface area contributed by atoms with Gasteiger partial charge in [-0.15, -0.1) is 0 Å². The SMILES string of the molecule is CCC(Oc1cccc(C)c1)C(=O)NCCN1CCOCC1. The number of rotatable bonds is 7. The summed E-state index contributed by atoms with van der Waals surface area (Å²) in [5, 5.41) is 2.97. The molecule has 2 rings (SSSR count). The highest BCUT2D eigenvalue weighted by Crippen LogP contribution is 2.15. The predicted molar refractivity (Wildman–Crippen MR) is 86.2 cm³/mol. The quantitative estimate of drug-likeness (QED) is 0.831. The molecule has 5 nitrogen and oxygen atoms in total. The summed E-state index contributed by atoms with van der Waals surface area (Å²) in [5.41, 5.74) is 1.13. The molecule has 5 heteroatoms. The number of nitrogens with one attached hydrogen (secondary N) is 1. The van der Waals surface area contributed by atoms with E-state index in [4.69, 9.17) is 9.47 Å². The molecule has 1 heterocycles. The lowest BCUT2D eigenvalue weighted by molar-refractivity contribution is -0.128. The van der Waals surface area contributed by atoms with Gasteiger partial charge in [-0.3, -0.25) is 9.69 Å². The number of hydrogen-bond donors (Lipinski definition) is 1. The van der Waals surface area contributed by atoms with Gasteiger partial charge in [-0.05, 0) is 31.0 Å². The van der Waals surface area contributed by atoms with Gasteiger partial charge >= 0.3 is 0 Å². The standard InChI is InChI=1S/C17H26N2O3/c1-3-16(22-15-6-4-5-14(2)13-15)17(20)18-7-8-19-9-11-21-12-10-19/h4-6,13,16H,3,7-12H2,1-2H3,(H,18,20). The molecule has 1 atom stereocenters. The first kappa shape index (κ1) is 16.8. The van der Waals surface area contributed by atoms with Crippen molar-refractivity contribution in [2.45, 2.75) is 26.4 Å². The molecule has 1 unspecified atom stereocenters. The highest BCUT2D eigenvalue weighted by Gasteiger charge is 2.18. The highest BCUT2D eigenvalue weighted by molar-refractivity contribution is 5.81. The van der Waals surface area contributed by atoms with Crippen LogP contribution in [0.25, 0.3) is 0 Å². The molecule has 0 aliphatic carbocycles. The van der Waals surface area contributed by atoms with E-state index in [9.17, 15) is 4.79 Å². The first-order chi connectivity index (χ1) is 10.7.